The van der Waals surface area contributed by atoms with Crippen molar-refractivity contribution in [3.05, 3.63) is 125 Å². The summed E-state index contributed by atoms with van der Waals surface area (Å²) < 4.78 is 16.9. The minimum absolute atomic E-state index is 0.208. The van der Waals surface area contributed by atoms with E-state index < -0.39 is 0 Å². The molecule has 0 radical (unpaired) electrons. The van der Waals surface area contributed by atoms with Crippen molar-refractivity contribution in [2.45, 2.75) is 6.61 Å². The second kappa shape index (κ2) is 10.8. The number of hydrogen-bond acceptors (Lipinski definition) is 5. The molecule has 0 saturated heterocycles. The Morgan fingerprint density at radius 1 is 0.784 bits per heavy atom. The average Bonchev–Trinajstić information content (AvgIpc) is 3.28. The second-order valence-corrected chi connectivity index (χ2v) is 8.37. The summed E-state index contributed by atoms with van der Waals surface area (Å²) in [7, 11) is 3.22. The van der Waals surface area contributed by atoms with Crippen LogP contribution in [-0.4, -0.2) is 25.8 Å². The Balaban J connectivity index is 1.48. The van der Waals surface area contributed by atoms with E-state index in [1.165, 1.54) is 5.01 Å². The number of carbonyl (C=O) groups is 1. The van der Waals surface area contributed by atoms with Crippen molar-refractivity contribution < 1.29 is 19.0 Å². The predicted octanol–water partition coefficient (Wildman–Crippen LogP) is 6.12. The Kier molecular flexibility index (Phi) is 6.99. The van der Waals surface area contributed by atoms with E-state index >= 15 is 0 Å². The monoisotopic (exact) mass is 490 g/mol. The number of methoxy groups -OCH3 is 2. The van der Waals surface area contributed by atoms with Crippen molar-refractivity contribution in [3.63, 3.8) is 0 Å². The summed E-state index contributed by atoms with van der Waals surface area (Å²) in [5.41, 5.74) is 4.43. The van der Waals surface area contributed by atoms with Gasteiger partial charge >= 0.3 is 0 Å². The van der Waals surface area contributed by atoms with Crippen molar-refractivity contribution in [2.24, 2.45) is 5.10 Å². The van der Waals surface area contributed by atoms with Gasteiger partial charge in [-0.05, 0) is 65.7 Å². The molecular formula is C31H26N2O4. The number of hydrogen-bond donors (Lipinski definition) is 0. The zero-order valence-corrected chi connectivity index (χ0v) is 20.6. The summed E-state index contributed by atoms with van der Waals surface area (Å²) in [5, 5.41) is 6.13. The molecule has 0 atom stereocenters. The first-order chi connectivity index (χ1) is 18.2. The second-order valence-electron chi connectivity index (χ2n) is 8.37. The summed E-state index contributed by atoms with van der Waals surface area (Å²) in [5.74, 6) is 1.73. The summed E-state index contributed by atoms with van der Waals surface area (Å²) in [6.45, 7) is 0.427. The zero-order chi connectivity index (χ0) is 25.6. The molecule has 0 aromatic heterocycles. The average molecular weight is 491 g/mol. The number of hydrazone groups is 1. The lowest BCUT2D eigenvalue weighted by molar-refractivity contribution is -0.114. The third-order valence-electron chi connectivity index (χ3n) is 5.98. The molecule has 184 valence electrons. The van der Waals surface area contributed by atoms with Gasteiger partial charge in [-0.25, -0.2) is 0 Å². The van der Waals surface area contributed by atoms with Crippen molar-refractivity contribution in [2.75, 3.05) is 19.2 Å². The van der Waals surface area contributed by atoms with E-state index in [0.29, 0.717) is 35.1 Å². The first kappa shape index (κ1) is 23.9. The topological polar surface area (TPSA) is 60.4 Å². The van der Waals surface area contributed by atoms with Crippen LogP contribution < -0.4 is 19.2 Å². The SMILES string of the molecule is COc1ccc(C2=NN(c3ccccc3)C(=O)/C2=C\c2ccc(OCc3ccccc3)c(OC)c2)cc1. The molecular weight excluding hydrogens is 464 g/mol. The maximum Gasteiger partial charge on any atom is 0.281 e. The van der Waals surface area contributed by atoms with Gasteiger partial charge in [0.25, 0.3) is 5.91 Å². The molecule has 5 rings (SSSR count). The van der Waals surface area contributed by atoms with Gasteiger partial charge in [-0.15, -0.1) is 0 Å². The van der Waals surface area contributed by atoms with E-state index in [4.69, 9.17) is 19.3 Å². The number of para-hydroxylation sites is 1. The third kappa shape index (κ3) is 5.23. The number of carbonyl (C=O) groups excluding carboxylic acids is 1. The van der Waals surface area contributed by atoms with Crippen LogP contribution in [0.25, 0.3) is 6.08 Å². The van der Waals surface area contributed by atoms with Crippen LogP contribution in [-0.2, 0) is 11.4 Å². The minimum atomic E-state index is -0.208. The number of rotatable bonds is 8. The van der Waals surface area contributed by atoms with E-state index in [-0.39, 0.29) is 5.91 Å². The lowest BCUT2D eigenvalue weighted by atomic mass is 10.00. The van der Waals surface area contributed by atoms with Crippen molar-refractivity contribution >= 4 is 23.4 Å². The van der Waals surface area contributed by atoms with Crippen LogP contribution in [0.1, 0.15) is 16.7 Å². The number of benzene rings is 4. The molecule has 0 N–H and O–H groups in total. The molecule has 0 saturated carbocycles. The van der Waals surface area contributed by atoms with Crippen LogP contribution in [0.2, 0.25) is 0 Å². The molecule has 0 bridgehead atoms. The summed E-state index contributed by atoms with van der Waals surface area (Å²) in [6.07, 6.45) is 1.83. The molecule has 6 heteroatoms. The number of amides is 1. The first-order valence-corrected chi connectivity index (χ1v) is 11.9. The highest BCUT2D eigenvalue weighted by atomic mass is 16.5. The molecule has 0 unspecified atom stereocenters. The summed E-state index contributed by atoms with van der Waals surface area (Å²) in [6, 6.07) is 32.4. The highest BCUT2D eigenvalue weighted by molar-refractivity contribution is 6.37. The Morgan fingerprint density at radius 2 is 1.49 bits per heavy atom. The van der Waals surface area contributed by atoms with Gasteiger partial charge in [-0.3, -0.25) is 4.79 Å². The van der Waals surface area contributed by atoms with E-state index in [1.54, 1.807) is 14.2 Å². The molecule has 6 nitrogen and oxygen atoms in total. The maximum atomic E-state index is 13.6. The lowest BCUT2D eigenvalue weighted by Gasteiger charge is -2.12. The van der Waals surface area contributed by atoms with Gasteiger partial charge in [0, 0.05) is 5.56 Å². The fraction of sp³-hybridized carbons (Fsp3) is 0.0968. The van der Waals surface area contributed by atoms with Gasteiger partial charge in [0.15, 0.2) is 11.5 Å². The van der Waals surface area contributed by atoms with Gasteiger partial charge in [0.05, 0.1) is 25.5 Å². The zero-order valence-electron chi connectivity index (χ0n) is 20.6. The van der Waals surface area contributed by atoms with Crippen LogP contribution in [0.3, 0.4) is 0 Å². The van der Waals surface area contributed by atoms with Crippen LogP contribution >= 0.6 is 0 Å². The highest BCUT2D eigenvalue weighted by Gasteiger charge is 2.32. The van der Waals surface area contributed by atoms with Crippen LogP contribution in [0, 0.1) is 0 Å². The van der Waals surface area contributed by atoms with Crippen molar-refractivity contribution in [1.29, 1.82) is 0 Å². The van der Waals surface area contributed by atoms with Gasteiger partial charge in [0.2, 0.25) is 0 Å². The molecule has 1 heterocycles. The molecule has 0 spiro atoms. The number of ether oxygens (including phenoxy) is 3. The fourth-order valence-corrected chi connectivity index (χ4v) is 4.05. The normalized spacial score (nSPS) is 14.0. The van der Waals surface area contributed by atoms with E-state index in [9.17, 15) is 4.79 Å². The Hall–Kier alpha value is -4.84. The maximum absolute atomic E-state index is 13.6. The molecule has 4 aromatic carbocycles. The van der Waals surface area contributed by atoms with Crippen molar-refractivity contribution in [3.8, 4) is 17.2 Å². The fourth-order valence-electron chi connectivity index (χ4n) is 4.05. The number of anilines is 1. The first-order valence-electron chi connectivity index (χ1n) is 11.9. The largest absolute Gasteiger partial charge is 0.497 e. The lowest BCUT2D eigenvalue weighted by Crippen LogP contribution is -2.21. The van der Waals surface area contributed by atoms with Crippen molar-refractivity contribution in [1.82, 2.24) is 0 Å². The molecule has 1 amide bonds. The molecule has 4 aromatic rings. The summed E-state index contributed by atoms with van der Waals surface area (Å²) in [4.78, 5) is 13.6. The van der Waals surface area contributed by atoms with Crippen LogP contribution in [0.15, 0.2) is 114 Å². The predicted molar refractivity (Wildman–Crippen MR) is 145 cm³/mol. The van der Waals surface area contributed by atoms with Gasteiger partial charge < -0.3 is 14.2 Å². The molecule has 0 fully saturated rings. The van der Waals surface area contributed by atoms with Gasteiger partial charge in [0.1, 0.15) is 18.1 Å². The van der Waals surface area contributed by atoms with E-state index in [1.807, 2.05) is 109 Å². The van der Waals surface area contributed by atoms with Crippen LogP contribution in [0.4, 0.5) is 5.69 Å². The summed E-state index contributed by atoms with van der Waals surface area (Å²) >= 11 is 0. The molecule has 37 heavy (non-hydrogen) atoms. The molecule has 1 aliphatic rings. The smallest absolute Gasteiger partial charge is 0.281 e. The third-order valence-corrected chi connectivity index (χ3v) is 5.98. The Labute approximate surface area is 216 Å². The minimum Gasteiger partial charge on any atom is -0.497 e. The van der Waals surface area contributed by atoms with E-state index in [0.717, 1.165) is 22.4 Å². The molecule has 0 aliphatic carbocycles. The Morgan fingerprint density at radius 3 is 2.16 bits per heavy atom. The standard InChI is InChI=1S/C31H26N2O4/c1-35-26-16-14-24(15-17-26)30-27(31(34)33(32-30)25-11-7-4-8-12-25)19-23-13-18-28(29(20-23)36-2)37-21-22-9-5-3-6-10-22/h3-20H,21H2,1-2H3/b27-19-. The van der Waals surface area contributed by atoms with Crippen LogP contribution in [0.5, 0.6) is 17.2 Å². The Bertz CT molecular complexity index is 1450. The molecule has 1 aliphatic heterocycles. The number of nitrogens with zero attached hydrogens (tertiary/aromatic N) is 2. The van der Waals surface area contributed by atoms with Gasteiger partial charge in [-0.1, -0.05) is 54.6 Å². The quantitative estimate of drug-likeness (QED) is 0.279. The highest BCUT2D eigenvalue weighted by Crippen LogP contribution is 2.32. The van der Waals surface area contributed by atoms with E-state index in [2.05, 4.69) is 0 Å². The van der Waals surface area contributed by atoms with Gasteiger partial charge in [-0.2, -0.15) is 10.1 Å².